The molecule has 1 unspecified atom stereocenters. The first kappa shape index (κ1) is 19.0. The number of likely N-dealkylation sites (N-methyl/N-ethyl adjacent to an activating group) is 1. The molecule has 3 rings (SSSR count). The zero-order chi connectivity index (χ0) is 19.8. The van der Waals surface area contributed by atoms with Crippen LogP contribution in [0.25, 0.3) is 5.70 Å². The van der Waals surface area contributed by atoms with Gasteiger partial charge in [0.2, 0.25) is 0 Å². The summed E-state index contributed by atoms with van der Waals surface area (Å²) >= 11 is 0. The number of halogens is 3. The van der Waals surface area contributed by atoms with Crippen LogP contribution in [0.2, 0.25) is 0 Å². The summed E-state index contributed by atoms with van der Waals surface area (Å²) in [6.45, 7) is 4.19. The second-order valence-electron chi connectivity index (χ2n) is 7.38. The molecule has 0 spiro atoms. The predicted octanol–water partition coefficient (Wildman–Crippen LogP) is 4.33. The SMILES string of the molecule is CN(c1ccc(C#N)c(C(F)(F)F)c1)C1C=C(n2cncn2)CCC1(C)C. The molecule has 1 aromatic carbocycles. The Labute approximate surface area is 155 Å². The Hall–Kier alpha value is -2.82. The van der Waals surface area contributed by atoms with Gasteiger partial charge in [0.15, 0.2) is 0 Å². The molecule has 0 saturated heterocycles. The van der Waals surface area contributed by atoms with Crippen molar-refractivity contribution in [2.24, 2.45) is 5.41 Å². The molecule has 1 atom stereocenters. The average Bonchev–Trinajstić information content (AvgIpc) is 3.14. The van der Waals surface area contributed by atoms with Crippen LogP contribution in [-0.2, 0) is 6.18 Å². The molecule has 5 nitrogen and oxygen atoms in total. The maximum Gasteiger partial charge on any atom is 0.417 e. The van der Waals surface area contributed by atoms with Gasteiger partial charge in [-0.2, -0.15) is 23.5 Å². The third kappa shape index (κ3) is 3.68. The molecule has 2 aromatic rings. The smallest absolute Gasteiger partial charge is 0.368 e. The maximum absolute atomic E-state index is 13.3. The molecule has 1 aromatic heterocycles. The average molecular weight is 375 g/mol. The molecular formula is C19H20F3N5. The Morgan fingerprint density at radius 3 is 2.67 bits per heavy atom. The summed E-state index contributed by atoms with van der Waals surface area (Å²) in [5, 5.41) is 13.2. The Balaban J connectivity index is 2.02. The van der Waals surface area contributed by atoms with Crippen LogP contribution in [0.15, 0.2) is 36.9 Å². The molecule has 0 saturated carbocycles. The molecule has 0 radical (unpaired) electrons. The molecule has 0 N–H and O–H groups in total. The normalized spacial score (nSPS) is 19.3. The minimum Gasteiger partial charge on any atom is -0.368 e. The summed E-state index contributed by atoms with van der Waals surface area (Å²) in [6, 6.07) is 5.31. The van der Waals surface area contributed by atoms with Crippen LogP contribution in [0.3, 0.4) is 0 Å². The van der Waals surface area contributed by atoms with Gasteiger partial charge in [0.25, 0.3) is 0 Å². The largest absolute Gasteiger partial charge is 0.417 e. The minimum absolute atomic E-state index is 0.139. The van der Waals surface area contributed by atoms with Crippen molar-refractivity contribution in [3.05, 3.63) is 48.1 Å². The molecule has 1 heterocycles. The van der Waals surface area contributed by atoms with Crippen molar-refractivity contribution in [2.75, 3.05) is 11.9 Å². The quantitative estimate of drug-likeness (QED) is 0.801. The molecule has 8 heteroatoms. The van der Waals surface area contributed by atoms with E-state index in [0.717, 1.165) is 24.6 Å². The van der Waals surface area contributed by atoms with Gasteiger partial charge in [-0.1, -0.05) is 13.8 Å². The second-order valence-corrected chi connectivity index (χ2v) is 7.38. The molecule has 0 amide bonds. The van der Waals surface area contributed by atoms with Crippen molar-refractivity contribution in [1.29, 1.82) is 5.26 Å². The Morgan fingerprint density at radius 2 is 2.07 bits per heavy atom. The first-order valence-electron chi connectivity index (χ1n) is 8.53. The molecule has 27 heavy (non-hydrogen) atoms. The Bertz CT molecular complexity index is 891. The van der Waals surface area contributed by atoms with Crippen LogP contribution in [0.5, 0.6) is 0 Å². The van der Waals surface area contributed by atoms with Gasteiger partial charge in [-0.15, -0.1) is 0 Å². The molecule has 0 aliphatic heterocycles. The van der Waals surface area contributed by atoms with E-state index in [0.29, 0.717) is 5.69 Å². The summed E-state index contributed by atoms with van der Waals surface area (Å²) in [5.41, 5.74) is -0.0563. The van der Waals surface area contributed by atoms with Gasteiger partial charge in [-0.3, -0.25) is 0 Å². The van der Waals surface area contributed by atoms with E-state index in [1.807, 2.05) is 11.0 Å². The van der Waals surface area contributed by atoms with Gasteiger partial charge in [-0.05, 0) is 42.5 Å². The van der Waals surface area contributed by atoms with E-state index in [1.165, 1.54) is 12.4 Å². The number of rotatable bonds is 3. The highest BCUT2D eigenvalue weighted by Gasteiger charge is 2.37. The van der Waals surface area contributed by atoms with Crippen LogP contribution in [-0.4, -0.2) is 27.9 Å². The number of nitriles is 1. The number of aromatic nitrogens is 3. The highest BCUT2D eigenvalue weighted by Crippen LogP contribution is 2.41. The maximum atomic E-state index is 13.3. The first-order valence-corrected chi connectivity index (χ1v) is 8.53. The predicted molar refractivity (Wildman–Crippen MR) is 95.7 cm³/mol. The van der Waals surface area contributed by atoms with Crippen LogP contribution >= 0.6 is 0 Å². The monoisotopic (exact) mass is 375 g/mol. The molecule has 0 fully saturated rings. The second kappa shape index (κ2) is 6.72. The highest BCUT2D eigenvalue weighted by molar-refractivity contribution is 5.58. The summed E-state index contributed by atoms with van der Waals surface area (Å²) in [5.74, 6) is 0. The van der Waals surface area contributed by atoms with Crippen molar-refractivity contribution in [3.8, 4) is 6.07 Å². The van der Waals surface area contributed by atoms with Gasteiger partial charge in [0, 0.05) is 18.4 Å². The molecule has 1 aliphatic rings. The van der Waals surface area contributed by atoms with Gasteiger partial charge in [0.1, 0.15) is 12.7 Å². The molecule has 1 aliphatic carbocycles. The Morgan fingerprint density at radius 1 is 1.33 bits per heavy atom. The Kier molecular flexibility index (Phi) is 4.72. The van der Waals surface area contributed by atoms with E-state index < -0.39 is 11.7 Å². The highest BCUT2D eigenvalue weighted by atomic mass is 19.4. The number of anilines is 1. The van der Waals surface area contributed by atoms with Crippen molar-refractivity contribution in [2.45, 2.75) is 38.9 Å². The first-order chi connectivity index (χ1) is 12.6. The third-order valence-corrected chi connectivity index (χ3v) is 5.14. The summed E-state index contributed by atoms with van der Waals surface area (Å²) < 4.78 is 41.7. The number of hydrogen-bond donors (Lipinski definition) is 0. The summed E-state index contributed by atoms with van der Waals surface area (Å²) in [7, 11) is 1.77. The van der Waals surface area contributed by atoms with Gasteiger partial charge >= 0.3 is 6.18 Å². The van der Waals surface area contributed by atoms with E-state index in [2.05, 4.69) is 23.9 Å². The number of allylic oxidation sites excluding steroid dienone is 1. The standard InChI is InChI=1S/C19H20F3N5/c1-18(2)7-6-15(27-12-24-11-25-27)9-17(18)26(3)14-5-4-13(10-23)16(8-14)19(20,21)22/h4-5,8-9,11-12,17H,6-7H2,1-3H3. The van der Waals surface area contributed by atoms with Crippen LogP contribution in [0.4, 0.5) is 18.9 Å². The van der Waals surface area contributed by atoms with Crippen LogP contribution in [0, 0.1) is 16.7 Å². The van der Waals surface area contributed by atoms with E-state index in [4.69, 9.17) is 5.26 Å². The fourth-order valence-electron chi connectivity index (χ4n) is 3.52. The van der Waals surface area contributed by atoms with Crippen molar-refractivity contribution in [1.82, 2.24) is 14.8 Å². The molecule has 0 bridgehead atoms. The van der Waals surface area contributed by atoms with E-state index in [-0.39, 0.29) is 17.0 Å². The summed E-state index contributed by atoms with van der Waals surface area (Å²) in [4.78, 5) is 5.79. The lowest BCUT2D eigenvalue weighted by Crippen LogP contribution is -2.44. The third-order valence-electron chi connectivity index (χ3n) is 5.14. The fraction of sp³-hybridized carbons (Fsp3) is 0.421. The van der Waals surface area contributed by atoms with E-state index in [1.54, 1.807) is 30.2 Å². The van der Waals surface area contributed by atoms with Gasteiger partial charge in [-0.25, -0.2) is 9.67 Å². The van der Waals surface area contributed by atoms with Gasteiger partial charge in [0.05, 0.1) is 23.2 Å². The van der Waals surface area contributed by atoms with Gasteiger partial charge < -0.3 is 4.90 Å². The van der Waals surface area contributed by atoms with Crippen LogP contribution in [0.1, 0.15) is 37.8 Å². The topological polar surface area (TPSA) is 57.7 Å². The van der Waals surface area contributed by atoms with Crippen molar-refractivity contribution < 1.29 is 13.2 Å². The fourth-order valence-corrected chi connectivity index (χ4v) is 3.52. The number of nitrogens with zero attached hydrogens (tertiary/aromatic N) is 5. The molecule has 142 valence electrons. The lowest BCUT2D eigenvalue weighted by Gasteiger charge is -2.43. The van der Waals surface area contributed by atoms with Crippen molar-refractivity contribution >= 4 is 11.4 Å². The number of hydrogen-bond acceptors (Lipinski definition) is 4. The van der Waals surface area contributed by atoms with E-state index >= 15 is 0 Å². The summed E-state index contributed by atoms with van der Waals surface area (Å²) in [6.07, 6.45) is 2.19. The van der Waals surface area contributed by atoms with E-state index in [9.17, 15) is 13.2 Å². The van der Waals surface area contributed by atoms with Crippen molar-refractivity contribution in [3.63, 3.8) is 0 Å². The zero-order valence-electron chi connectivity index (χ0n) is 15.3. The number of alkyl halides is 3. The zero-order valence-corrected chi connectivity index (χ0v) is 15.3. The molecular weight excluding hydrogens is 355 g/mol. The van der Waals surface area contributed by atoms with Crippen LogP contribution < -0.4 is 4.90 Å². The lowest BCUT2D eigenvalue weighted by molar-refractivity contribution is -0.137. The minimum atomic E-state index is -4.58. The number of benzene rings is 1. The lowest BCUT2D eigenvalue weighted by atomic mass is 9.75.